The summed E-state index contributed by atoms with van der Waals surface area (Å²) in [6.45, 7) is 2.43. The largest absolute Gasteiger partial charge is 0.490 e. The second kappa shape index (κ2) is 9.89. The third kappa shape index (κ3) is 6.23. The average Bonchev–Trinajstić information content (AvgIpc) is 2.63. The van der Waals surface area contributed by atoms with Crippen molar-refractivity contribution in [2.45, 2.75) is 13.3 Å². The second-order valence-corrected chi connectivity index (χ2v) is 6.14. The van der Waals surface area contributed by atoms with Gasteiger partial charge in [0, 0.05) is 5.69 Å². The highest BCUT2D eigenvalue weighted by molar-refractivity contribution is 6.39. The molecule has 2 N–H and O–H groups in total. The lowest BCUT2D eigenvalue weighted by Crippen LogP contribution is -2.32. The average molecular weight is 412 g/mol. The molecule has 142 valence electrons. The Bertz CT molecular complexity index is 834. The fourth-order valence-electron chi connectivity index (χ4n) is 1.93. The molecule has 2 amide bonds. The number of benzene rings is 2. The van der Waals surface area contributed by atoms with Gasteiger partial charge in [-0.15, -0.1) is 0 Å². The highest BCUT2D eigenvalue weighted by Gasteiger charge is 2.13. The zero-order chi connectivity index (χ0) is 19.8. The number of nitrogens with one attached hydrogen (secondary N) is 2. The van der Waals surface area contributed by atoms with Gasteiger partial charge in [-0.05, 0) is 48.4 Å². The van der Waals surface area contributed by atoms with Gasteiger partial charge >= 0.3 is 11.8 Å². The first-order chi connectivity index (χ1) is 12.9. The second-order valence-electron chi connectivity index (χ2n) is 5.32. The van der Waals surface area contributed by atoms with Gasteiger partial charge in [-0.25, -0.2) is 9.82 Å². The number of halogens is 3. The summed E-state index contributed by atoms with van der Waals surface area (Å²) in [6, 6.07) is 8.10. The first-order valence-electron chi connectivity index (χ1n) is 7.92. The Morgan fingerprint density at radius 3 is 2.37 bits per heavy atom. The van der Waals surface area contributed by atoms with Gasteiger partial charge in [-0.2, -0.15) is 5.10 Å². The number of amides is 2. The minimum absolute atomic E-state index is 0.279. The molecule has 0 bridgehead atoms. The van der Waals surface area contributed by atoms with Crippen LogP contribution in [0, 0.1) is 5.82 Å². The number of nitrogens with zero attached hydrogens (tertiary/aromatic N) is 1. The minimum atomic E-state index is -0.990. The minimum Gasteiger partial charge on any atom is -0.490 e. The lowest BCUT2D eigenvalue weighted by atomic mass is 10.2. The van der Waals surface area contributed by atoms with E-state index in [1.165, 1.54) is 18.3 Å². The van der Waals surface area contributed by atoms with Gasteiger partial charge in [0.2, 0.25) is 0 Å². The monoisotopic (exact) mass is 411 g/mol. The van der Waals surface area contributed by atoms with E-state index in [9.17, 15) is 14.0 Å². The molecule has 0 saturated heterocycles. The lowest BCUT2D eigenvalue weighted by molar-refractivity contribution is -0.136. The molecule has 2 aromatic carbocycles. The Morgan fingerprint density at radius 2 is 1.78 bits per heavy atom. The van der Waals surface area contributed by atoms with Crippen LogP contribution in [0.1, 0.15) is 18.9 Å². The zero-order valence-corrected chi connectivity index (χ0v) is 15.8. The van der Waals surface area contributed by atoms with Crippen molar-refractivity contribution >= 4 is 46.9 Å². The third-order valence-corrected chi connectivity index (χ3v) is 3.72. The van der Waals surface area contributed by atoms with E-state index in [2.05, 4.69) is 15.8 Å². The summed E-state index contributed by atoms with van der Waals surface area (Å²) in [5.41, 5.74) is 2.86. The van der Waals surface area contributed by atoms with Crippen molar-refractivity contribution in [3.63, 3.8) is 0 Å². The molecule has 2 rings (SSSR count). The van der Waals surface area contributed by atoms with Crippen molar-refractivity contribution in [2.24, 2.45) is 5.10 Å². The summed E-state index contributed by atoms with van der Waals surface area (Å²) in [4.78, 5) is 23.5. The molecule has 0 radical (unpaired) electrons. The molecule has 27 heavy (non-hydrogen) atoms. The van der Waals surface area contributed by atoms with Crippen LogP contribution in [0.4, 0.5) is 10.1 Å². The maximum absolute atomic E-state index is 12.8. The van der Waals surface area contributed by atoms with Crippen LogP contribution in [0.5, 0.6) is 5.75 Å². The Kier molecular flexibility index (Phi) is 7.57. The summed E-state index contributed by atoms with van der Waals surface area (Å²) in [5, 5.41) is 6.61. The molecule has 0 aliphatic rings. The van der Waals surface area contributed by atoms with Crippen LogP contribution < -0.4 is 15.5 Å². The van der Waals surface area contributed by atoms with E-state index >= 15 is 0 Å². The Labute approximate surface area is 165 Å². The van der Waals surface area contributed by atoms with Gasteiger partial charge in [-0.1, -0.05) is 30.1 Å². The molecule has 0 spiro atoms. The van der Waals surface area contributed by atoms with Crippen LogP contribution in [-0.4, -0.2) is 24.6 Å². The van der Waals surface area contributed by atoms with Crippen LogP contribution in [0.25, 0.3) is 0 Å². The van der Waals surface area contributed by atoms with Gasteiger partial charge in [0.15, 0.2) is 5.75 Å². The summed E-state index contributed by atoms with van der Waals surface area (Å²) < 4.78 is 18.3. The molecule has 0 saturated carbocycles. The first-order valence-corrected chi connectivity index (χ1v) is 8.68. The molecule has 0 aliphatic heterocycles. The topological polar surface area (TPSA) is 79.8 Å². The Morgan fingerprint density at radius 1 is 1.15 bits per heavy atom. The molecular weight excluding hydrogens is 396 g/mol. The van der Waals surface area contributed by atoms with Crippen molar-refractivity contribution in [3.8, 4) is 5.75 Å². The van der Waals surface area contributed by atoms with Gasteiger partial charge in [0.25, 0.3) is 0 Å². The van der Waals surface area contributed by atoms with Crippen LogP contribution in [-0.2, 0) is 9.59 Å². The zero-order valence-electron chi connectivity index (χ0n) is 14.3. The van der Waals surface area contributed by atoms with Crippen molar-refractivity contribution in [2.75, 3.05) is 11.9 Å². The fraction of sp³-hybridized carbons (Fsp3) is 0.167. The van der Waals surface area contributed by atoms with Crippen LogP contribution >= 0.6 is 23.2 Å². The number of anilines is 1. The van der Waals surface area contributed by atoms with Crippen molar-refractivity contribution in [1.82, 2.24) is 5.43 Å². The van der Waals surface area contributed by atoms with Gasteiger partial charge in [0.1, 0.15) is 5.82 Å². The maximum atomic E-state index is 12.8. The van der Waals surface area contributed by atoms with Crippen molar-refractivity contribution < 1.29 is 18.7 Å². The van der Waals surface area contributed by atoms with E-state index in [-0.39, 0.29) is 5.69 Å². The Hall–Kier alpha value is -2.64. The van der Waals surface area contributed by atoms with E-state index in [0.717, 1.165) is 18.6 Å². The van der Waals surface area contributed by atoms with Gasteiger partial charge < -0.3 is 10.1 Å². The van der Waals surface area contributed by atoms with E-state index in [4.69, 9.17) is 27.9 Å². The maximum Gasteiger partial charge on any atom is 0.329 e. The molecule has 2 aromatic rings. The quantitative estimate of drug-likeness (QED) is 0.428. The van der Waals surface area contributed by atoms with Crippen LogP contribution in [0.15, 0.2) is 41.5 Å². The Balaban J connectivity index is 1.94. The smallest absolute Gasteiger partial charge is 0.329 e. The van der Waals surface area contributed by atoms with E-state index in [1.54, 1.807) is 12.1 Å². The summed E-state index contributed by atoms with van der Waals surface area (Å²) >= 11 is 12.2. The molecule has 0 fully saturated rings. The predicted octanol–water partition coefficient (Wildman–Crippen LogP) is 4.01. The molecule has 6 nitrogen and oxygen atoms in total. The summed E-state index contributed by atoms with van der Waals surface area (Å²) in [5.74, 6) is -2.01. The summed E-state index contributed by atoms with van der Waals surface area (Å²) in [6.07, 6.45) is 2.09. The molecule has 0 unspecified atom stereocenters. The van der Waals surface area contributed by atoms with Gasteiger partial charge in [-0.3, -0.25) is 9.59 Å². The first kappa shape index (κ1) is 20.7. The SMILES string of the molecule is CCCOc1c(Cl)cc(/C=N\NC(=O)C(=O)Nc2ccc(F)cc2)cc1Cl. The third-order valence-electron chi connectivity index (χ3n) is 3.16. The molecule has 0 atom stereocenters. The number of hydrogen-bond acceptors (Lipinski definition) is 4. The molecular formula is C18H16Cl2FN3O3. The standard InChI is InChI=1S/C18H16Cl2FN3O3/c1-2-7-27-16-14(19)8-11(9-15(16)20)10-22-24-18(26)17(25)23-13-5-3-12(21)4-6-13/h3-6,8-10H,2,7H2,1H3,(H,23,25)(H,24,26)/b22-10-. The van der Waals surface area contributed by atoms with Crippen LogP contribution in [0.2, 0.25) is 10.0 Å². The van der Waals surface area contributed by atoms with Crippen molar-refractivity contribution in [1.29, 1.82) is 0 Å². The highest BCUT2D eigenvalue weighted by atomic mass is 35.5. The number of hydrazone groups is 1. The number of carbonyl (C=O) groups is 2. The van der Waals surface area contributed by atoms with Gasteiger partial charge in [0.05, 0.1) is 22.9 Å². The molecule has 9 heteroatoms. The fourth-order valence-corrected chi connectivity index (χ4v) is 2.55. The molecule has 0 aliphatic carbocycles. The number of rotatable bonds is 6. The molecule has 0 heterocycles. The highest BCUT2D eigenvalue weighted by Crippen LogP contribution is 2.33. The van der Waals surface area contributed by atoms with E-state index in [0.29, 0.717) is 28.0 Å². The van der Waals surface area contributed by atoms with Crippen molar-refractivity contribution in [3.05, 3.63) is 57.8 Å². The van der Waals surface area contributed by atoms with E-state index in [1.807, 2.05) is 6.92 Å². The number of carbonyl (C=O) groups excluding carboxylic acids is 2. The van der Waals surface area contributed by atoms with Crippen LogP contribution in [0.3, 0.4) is 0 Å². The predicted molar refractivity (Wildman–Crippen MR) is 103 cm³/mol. The summed E-state index contributed by atoms with van der Waals surface area (Å²) in [7, 11) is 0. The number of ether oxygens (including phenoxy) is 1. The number of hydrogen-bond donors (Lipinski definition) is 2. The lowest BCUT2D eigenvalue weighted by Gasteiger charge is -2.09. The van der Waals surface area contributed by atoms with E-state index < -0.39 is 17.6 Å². The normalized spacial score (nSPS) is 10.7. The molecule has 0 aromatic heterocycles.